The Morgan fingerprint density at radius 1 is 1.24 bits per heavy atom. The van der Waals surface area contributed by atoms with Crippen LogP contribution in [-0.4, -0.2) is 46.7 Å². The highest BCUT2D eigenvalue weighted by Crippen LogP contribution is 2.42. The molecule has 1 aromatic heterocycles. The molecule has 1 saturated heterocycles. The number of ether oxygens (including phenoxy) is 1. The van der Waals surface area contributed by atoms with Gasteiger partial charge >= 0.3 is 5.97 Å². The number of hydrogen-bond acceptors (Lipinski definition) is 7. The van der Waals surface area contributed by atoms with Gasteiger partial charge < -0.3 is 19.3 Å². The lowest BCUT2D eigenvalue weighted by Gasteiger charge is -2.29. The largest absolute Gasteiger partial charge is 0.598 e. The predicted octanol–water partition coefficient (Wildman–Crippen LogP) is 4.45. The van der Waals surface area contributed by atoms with E-state index in [9.17, 15) is 19.7 Å². The summed E-state index contributed by atoms with van der Waals surface area (Å²) in [5.41, 5.74) is 1.41. The Bertz CT molecular complexity index is 1240. The van der Waals surface area contributed by atoms with Crippen LogP contribution in [-0.2, 0) is 16.1 Å². The molecule has 0 amide bonds. The second kappa shape index (κ2) is 9.94. The summed E-state index contributed by atoms with van der Waals surface area (Å²) in [6.07, 6.45) is 0. The Kier molecular flexibility index (Phi) is 7.17. The van der Waals surface area contributed by atoms with E-state index in [1.54, 1.807) is 0 Å². The fraction of sp³-hybridized carbons (Fsp3) is 0.360. The minimum absolute atomic E-state index is 0.0783. The molecule has 9 heteroatoms. The average molecular weight is 498 g/mol. The summed E-state index contributed by atoms with van der Waals surface area (Å²) >= 11 is -0.415. The van der Waals surface area contributed by atoms with Gasteiger partial charge in [0.2, 0.25) is 0 Å². The minimum atomic E-state index is -1.51. The molecular formula is C25H27N3O4S2. The number of nitrogens with one attached hydrogen (secondary N) is 1. The molecule has 1 aliphatic heterocycles. The van der Waals surface area contributed by atoms with Gasteiger partial charge in [0.1, 0.15) is 26.7 Å². The van der Waals surface area contributed by atoms with E-state index >= 15 is 0 Å². The standard InChI is InChI=1S/C25H27N3O4S2/c1-25(2,3)34(31)27-21(18-9-8-16-6-4-5-7-17(16)14-18)20-19(15-26)23(33-22(20)24(29)30)28-10-12-32-13-11-28/h4-9,14,21,27H,10-13H2,1-3H3,(H,29,30). The van der Waals surface area contributed by atoms with Crippen LogP contribution in [0.15, 0.2) is 42.5 Å². The smallest absolute Gasteiger partial charge is 0.346 e. The van der Waals surface area contributed by atoms with Gasteiger partial charge in [-0.1, -0.05) is 36.4 Å². The van der Waals surface area contributed by atoms with Gasteiger partial charge in [0, 0.05) is 30.0 Å². The molecule has 2 aromatic carbocycles. The quantitative estimate of drug-likeness (QED) is 0.484. The number of rotatable bonds is 6. The summed E-state index contributed by atoms with van der Waals surface area (Å²) in [6.45, 7) is 7.74. The summed E-state index contributed by atoms with van der Waals surface area (Å²) in [7, 11) is 0. The van der Waals surface area contributed by atoms with Gasteiger partial charge in [0.25, 0.3) is 0 Å². The molecule has 0 spiro atoms. The molecule has 0 saturated carbocycles. The molecule has 4 rings (SSSR count). The van der Waals surface area contributed by atoms with Crippen molar-refractivity contribution >= 4 is 44.4 Å². The van der Waals surface area contributed by atoms with E-state index in [4.69, 9.17) is 4.74 Å². The zero-order valence-corrected chi connectivity index (χ0v) is 21.0. The van der Waals surface area contributed by atoms with Gasteiger partial charge in [-0.3, -0.25) is 0 Å². The van der Waals surface area contributed by atoms with E-state index in [2.05, 4.69) is 10.8 Å². The third-order valence-corrected chi connectivity index (χ3v) is 8.52. The highest BCUT2D eigenvalue weighted by molar-refractivity contribution is 7.90. The zero-order chi connectivity index (χ0) is 24.5. The van der Waals surface area contributed by atoms with Crippen molar-refractivity contribution in [3.05, 3.63) is 64.0 Å². The number of nitriles is 1. The van der Waals surface area contributed by atoms with Crippen molar-refractivity contribution in [1.29, 1.82) is 5.26 Å². The summed E-state index contributed by atoms with van der Waals surface area (Å²) in [6, 6.07) is 15.2. The maximum atomic E-state index is 13.2. The fourth-order valence-electron chi connectivity index (χ4n) is 3.93. The number of carboxylic acids is 1. The molecular weight excluding hydrogens is 470 g/mol. The van der Waals surface area contributed by atoms with Crippen LogP contribution in [0.5, 0.6) is 0 Å². The summed E-state index contributed by atoms with van der Waals surface area (Å²) in [4.78, 5) is 14.5. The molecule has 1 fully saturated rings. The van der Waals surface area contributed by atoms with Crippen molar-refractivity contribution in [3.8, 4) is 6.07 Å². The molecule has 0 bridgehead atoms. The highest BCUT2D eigenvalue weighted by atomic mass is 32.2. The monoisotopic (exact) mass is 497 g/mol. The Balaban J connectivity index is 1.91. The Hall–Kier alpha value is -2.61. The third-order valence-electron chi connectivity index (χ3n) is 5.71. The zero-order valence-electron chi connectivity index (χ0n) is 19.3. The van der Waals surface area contributed by atoms with Gasteiger partial charge in [0.05, 0.1) is 18.8 Å². The maximum absolute atomic E-state index is 13.2. The molecule has 2 atom stereocenters. The van der Waals surface area contributed by atoms with E-state index in [-0.39, 0.29) is 4.88 Å². The molecule has 2 N–H and O–H groups in total. The van der Waals surface area contributed by atoms with Gasteiger partial charge in [-0.2, -0.15) is 5.26 Å². The topological polar surface area (TPSA) is 109 Å². The minimum Gasteiger partial charge on any atom is -0.598 e. The number of carbonyl (C=O) groups is 1. The second-order valence-electron chi connectivity index (χ2n) is 9.08. The summed E-state index contributed by atoms with van der Waals surface area (Å²) in [5.74, 6) is -1.11. The number of carboxylic acid groups (broad SMARTS) is 1. The maximum Gasteiger partial charge on any atom is 0.346 e. The Morgan fingerprint density at radius 2 is 1.91 bits per heavy atom. The number of benzene rings is 2. The van der Waals surface area contributed by atoms with Gasteiger partial charge in [-0.15, -0.1) is 16.1 Å². The van der Waals surface area contributed by atoms with Gasteiger partial charge in [0.15, 0.2) is 0 Å². The molecule has 0 radical (unpaired) electrons. The van der Waals surface area contributed by atoms with Crippen molar-refractivity contribution in [2.24, 2.45) is 0 Å². The first-order valence-corrected chi connectivity index (χ1v) is 13.0. The molecule has 0 aliphatic carbocycles. The number of aromatic carboxylic acids is 1. The van der Waals surface area contributed by atoms with Crippen LogP contribution < -0.4 is 9.62 Å². The summed E-state index contributed by atoms with van der Waals surface area (Å²) in [5, 5.41) is 22.9. The van der Waals surface area contributed by atoms with Crippen LogP contribution in [0.3, 0.4) is 0 Å². The van der Waals surface area contributed by atoms with Crippen LogP contribution in [0, 0.1) is 11.3 Å². The van der Waals surface area contributed by atoms with Crippen molar-refractivity contribution in [3.63, 3.8) is 0 Å². The second-order valence-corrected chi connectivity index (χ2v) is 12.1. The van der Waals surface area contributed by atoms with Gasteiger partial charge in [-0.25, -0.2) is 4.79 Å². The normalized spacial score (nSPS) is 16.3. The first-order chi connectivity index (χ1) is 16.2. The highest BCUT2D eigenvalue weighted by Gasteiger charge is 2.37. The van der Waals surface area contributed by atoms with Crippen LogP contribution in [0.4, 0.5) is 5.00 Å². The first kappa shape index (κ1) is 24.5. The predicted molar refractivity (Wildman–Crippen MR) is 136 cm³/mol. The van der Waals surface area contributed by atoms with E-state index in [1.807, 2.05) is 68.1 Å². The van der Waals surface area contributed by atoms with E-state index < -0.39 is 28.1 Å². The lowest BCUT2D eigenvalue weighted by Crippen LogP contribution is -2.42. The van der Waals surface area contributed by atoms with Crippen LogP contribution in [0.2, 0.25) is 0 Å². The SMILES string of the molecule is CC(C)(C)[S+]([O-])NC(c1ccc2ccccc2c1)c1c(C(=O)O)sc(N2CCOCC2)c1C#N. The molecule has 2 unspecified atom stereocenters. The third kappa shape index (κ3) is 4.92. The number of fused-ring (bicyclic) bond motifs is 1. The fourth-order valence-corrected chi connectivity index (χ4v) is 5.93. The number of hydrogen-bond donors (Lipinski definition) is 2. The molecule has 3 aromatic rings. The first-order valence-electron chi connectivity index (χ1n) is 11.0. The van der Waals surface area contributed by atoms with Crippen molar-refractivity contribution < 1.29 is 19.2 Å². The average Bonchev–Trinajstić information content (AvgIpc) is 3.21. The van der Waals surface area contributed by atoms with E-state index in [0.717, 1.165) is 27.7 Å². The molecule has 7 nitrogen and oxygen atoms in total. The number of thiophene rings is 1. The van der Waals surface area contributed by atoms with Crippen molar-refractivity contribution in [2.75, 3.05) is 31.2 Å². The number of nitrogens with zero attached hydrogens (tertiary/aromatic N) is 2. The van der Waals surface area contributed by atoms with Crippen molar-refractivity contribution in [2.45, 2.75) is 31.6 Å². The number of anilines is 1. The lowest BCUT2D eigenvalue weighted by atomic mass is 9.94. The molecule has 34 heavy (non-hydrogen) atoms. The summed E-state index contributed by atoms with van der Waals surface area (Å²) < 4.78 is 21.2. The van der Waals surface area contributed by atoms with Gasteiger partial charge in [-0.05, 0) is 43.2 Å². The van der Waals surface area contributed by atoms with Crippen LogP contribution in [0.1, 0.15) is 53.2 Å². The van der Waals surface area contributed by atoms with Crippen LogP contribution >= 0.6 is 11.3 Å². The molecule has 178 valence electrons. The molecule has 1 aliphatic rings. The van der Waals surface area contributed by atoms with Crippen molar-refractivity contribution in [1.82, 2.24) is 4.72 Å². The molecule has 2 heterocycles. The van der Waals surface area contributed by atoms with Crippen LogP contribution in [0.25, 0.3) is 10.8 Å². The van der Waals surface area contributed by atoms with E-state index in [1.165, 1.54) is 0 Å². The van der Waals surface area contributed by atoms with E-state index in [0.29, 0.717) is 42.4 Å². The lowest BCUT2D eigenvalue weighted by molar-refractivity contribution is 0.0700. The Morgan fingerprint density at radius 3 is 2.53 bits per heavy atom. The number of morpholine rings is 1. The Labute approximate surface area is 206 Å².